The minimum atomic E-state index is -0.679. The van der Waals surface area contributed by atoms with E-state index in [1.54, 1.807) is 15.6 Å². The molecule has 0 atom stereocenters. The maximum atomic E-state index is 13.1. The maximum absolute atomic E-state index is 13.1. The number of halogens is 1. The molecule has 4 saturated carbocycles. The summed E-state index contributed by atoms with van der Waals surface area (Å²) in [6.45, 7) is 0.483. The van der Waals surface area contributed by atoms with Gasteiger partial charge in [0.05, 0.1) is 17.0 Å². The average molecular weight is 481 g/mol. The number of carbonyl (C=O) groups excluding carboxylic acids is 1. The van der Waals surface area contributed by atoms with E-state index in [9.17, 15) is 14.9 Å². The normalized spacial score (nSPS) is 27.1. The third-order valence-electron chi connectivity index (χ3n) is 7.73. The van der Waals surface area contributed by atoms with Crippen LogP contribution in [0.3, 0.4) is 0 Å². The molecule has 1 aromatic carbocycles. The van der Waals surface area contributed by atoms with E-state index in [0.717, 1.165) is 24.8 Å². The number of hydrogen-bond acceptors (Lipinski definition) is 5. The quantitative estimate of drug-likeness (QED) is 0.400. The second kappa shape index (κ2) is 7.94. The molecule has 0 saturated heterocycles. The van der Waals surface area contributed by atoms with E-state index in [2.05, 4.69) is 15.5 Å². The summed E-state index contributed by atoms with van der Waals surface area (Å²) in [5.41, 5.74) is 0.333. The Morgan fingerprint density at radius 2 is 1.74 bits per heavy atom. The number of aromatic nitrogens is 4. The van der Waals surface area contributed by atoms with Crippen molar-refractivity contribution in [3.8, 4) is 0 Å². The molecule has 0 unspecified atom stereocenters. The van der Waals surface area contributed by atoms with Gasteiger partial charge in [0.2, 0.25) is 5.69 Å². The van der Waals surface area contributed by atoms with Gasteiger partial charge in [-0.3, -0.25) is 24.3 Å². The zero-order valence-electron chi connectivity index (χ0n) is 18.6. The molecule has 4 aliphatic carbocycles. The number of anilines is 1. The first kappa shape index (κ1) is 21.3. The van der Waals surface area contributed by atoms with Crippen molar-refractivity contribution >= 4 is 29.0 Å². The molecule has 0 spiro atoms. The summed E-state index contributed by atoms with van der Waals surface area (Å²) in [6, 6.07) is 9.73. The van der Waals surface area contributed by atoms with Crippen molar-refractivity contribution in [2.75, 3.05) is 5.32 Å². The van der Waals surface area contributed by atoms with Crippen molar-refractivity contribution in [1.29, 1.82) is 0 Å². The minimum Gasteiger partial charge on any atom is -0.302 e. The van der Waals surface area contributed by atoms with E-state index in [1.807, 2.05) is 30.3 Å². The highest BCUT2D eigenvalue weighted by Gasteiger charge is 2.53. The average Bonchev–Trinajstić information content (AvgIpc) is 3.38. The Kier molecular flexibility index (Phi) is 4.98. The van der Waals surface area contributed by atoms with Crippen molar-refractivity contribution < 1.29 is 9.72 Å². The zero-order valence-corrected chi connectivity index (χ0v) is 19.3. The van der Waals surface area contributed by atoms with Crippen LogP contribution in [0.4, 0.5) is 11.5 Å². The lowest BCUT2D eigenvalue weighted by molar-refractivity contribution is -0.385. The van der Waals surface area contributed by atoms with Crippen molar-refractivity contribution in [3.63, 3.8) is 0 Å². The number of carbonyl (C=O) groups is 1. The van der Waals surface area contributed by atoms with E-state index < -0.39 is 10.8 Å². The first-order valence-corrected chi connectivity index (χ1v) is 12.1. The van der Waals surface area contributed by atoms with Gasteiger partial charge in [0.15, 0.2) is 5.82 Å². The van der Waals surface area contributed by atoms with E-state index in [0.29, 0.717) is 24.3 Å². The van der Waals surface area contributed by atoms with Gasteiger partial charge in [-0.05, 0) is 61.8 Å². The minimum absolute atomic E-state index is 0.154. The second-order valence-corrected chi connectivity index (χ2v) is 10.6. The third kappa shape index (κ3) is 3.68. The Labute approximate surface area is 201 Å². The van der Waals surface area contributed by atoms with Crippen LogP contribution in [0.1, 0.15) is 54.6 Å². The molecular formula is C24H25ClN6O3. The van der Waals surface area contributed by atoms with Crippen LogP contribution in [0.5, 0.6) is 0 Å². The maximum Gasteiger partial charge on any atom is 0.320 e. The Bertz CT molecular complexity index is 1230. The number of nitro groups is 1. The summed E-state index contributed by atoms with van der Waals surface area (Å²) in [7, 11) is 0. The van der Waals surface area contributed by atoms with Gasteiger partial charge >= 0.3 is 5.69 Å². The lowest BCUT2D eigenvalue weighted by Crippen LogP contribution is -2.52. The summed E-state index contributed by atoms with van der Waals surface area (Å²) in [4.78, 5) is 24.4. The Hall–Kier alpha value is -3.20. The molecule has 0 aliphatic heterocycles. The van der Waals surface area contributed by atoms with E-state index in [-0.39, 0.29) is 27.8 Å². The molecule has 176 valence electrons. The van der Waals surface area contributed by atoms with Crippen LogP contribution in [-0.2, 0) is 12.1 Å². The molecule has 2 heterocycles. The van der Waals surface area contributed by atoms with E-state index in [4.69, 9.17) is 11.6 Å². The van der Waals surface area contributed by atoms with Gasteiger partial charge in [-0.2, -0.15) is 10.2 Å². The fourth-order valence-corrected chi connectivity index (χ4v) is 6.95. The molecule has 34 heavy (non-hydrogen) atoms. The second-order valence-electron chi connectivity index (χ2n) is 10.2. The third-order valence-corrected chi connectivity index (χ3v) is 8.01. The number of amides is 1. The molecule has 1 N–H and O–H groups in total. The predicted octanol–water partition coefficient (Wildman–Crippen LogP) is 4.87. The van der Waals surface area contributed by atoms with Crippen LogP contribution in [0, 0.1) is 27.9 Å². The van der Waals surface area contributed by atoms with E-state index >= 15 is 0 Å². The van der Waals surface area contributed by atoms with Gasteiger partial charge in [-0.1, -0.05) is 41.9 Å². The molecule has 4 aliphatic rings. The molecule has 4 bridgehead atoms. The highest BCUT2D eigenvalue weighted by molar-refractivity contribution is 6.33. The van der Waals surface area contributed by atoms with Crippen LogP contribution < -0.4 is 5.32 Å². The number of hydrogen-bond donors (Lipinski definition) is 1. The molecule has 9 nitrogen and oxygen atoms in total. The molecule has 2 aromatic heterocycles. The molecule has 0 radical (unpaired) electrons. The van der Waals surface area contributed by atoms with Gasteiger partial charge in [0.25, 0.3) is 5.91 Å². The highest BCUT2D eigenvalue weighted by Crippen LogP contribution is 2.58. The van der Waals surface area contributed by atoms with Gasteiger partial charge in [0, 0.05) is 6.20 Å². The van der Waals surface area contributed by atoms with Crippen molar-refractivity contribution in [2.24, 2.45) is 17.8 Å². The summed E-state index contributed by atoms with van der Waals surface area (Å²) in [5.74, 6) is 1.43. The fourth-order valence-electron chi connectivity index (χ4n) is 6.75. The first-order valence-electron chi connectivity index (χ1n) is 11.7. The van der Waals surface area contributed by atoms with E-state index in [1.165, 1.54) is 25.5 Å². The Balaban J connectivity index is 1.26. The molecule has 10 heteroatoms. The smallest absolute Gasteiger partial charge is 0.302 e. The lowest BCUT2D eigenvalue weighted by atomic mass is 9.53. The topological polar surface area (TPSA) is 108 Å². The van der Waals surface area contributed by atoms with Gasteiger partial charge < -0.3 is 5.32 Å². The standard InChI is InChI=1S/C24H25ClN6O3/c25-19-13-29(12-15-4-2-1-3-5-15)28-22(19)26-23(32)21-20(31(33)34)14-30(27-21)24-9-16-6-17(10-24)8-18(7-16)11-24/h1-5,13-14,16-18H,6-12H2,(H,26,28,32). The van der Waals surface area contributed by atoms with Crippen molar-refractivity contribution in [2.45, 2.75) is 50.6 Å². The van der Waals surface area contributed by atoms with Crippen molar-refractivity contribution in [3.05, 3.63) is 69.1 Å². The number of nitrogens with zero attached hydrogens (tertiary/aromatic N) is 5. The van der Waals surface area contributed by atoms with Crippen LogP contribution in [0.15, 0.2) is 42.7 Å². The molecule has 7 rings (SSSR count). The zero-order chi connectivity index (χ0) is 23.4. The monoisotopic (exact) mass is 480 g/mol. The van der Waals surface area contributed by atoms with Gasteiger partial charge in [-0.15, -0.1) is 0 Å². The number of rotatable bonds is 6. The van der Waals surface area contributed by atoms with Crippen LogP contribution >= 0.6 is 11.6 Å². The van der Waals surface area contributed by atoms with Crippen LogP contribution in [-0.4, -0.2) is 30.4 Å². The Morgan fingerprint density at radius 3 is 2.35 bits per heavy atom. The predicted molar refractivity (Wildman–Crippen MR) is 126 cm³/mol. The van der Waals surface area contributed by atoms with Crippen LogP contribution in [0.2, 0.25) is 5.02 Å². The summed E-state index contributed by atoms with van der Waals surface area (Å²) >= 11 is 6.30. The molecule has 3 aromatic rings. The molecular weight excluding hydrogens is 456 g/mol. The lowest BCUT2D eigenvalue weighted by Gasteiger charge is -2.56. The number of nitrogens with one attached hydrogen (secondary N) is 1. The fraction of sp³-hybridized carbons (Fsp3) is 0.458. The Morgan fingerprint density at radius 1 is 1.09 bits per heavy atom. The summed E-state index contributed by atoms with van der Waals surface area (Å²) < 4.78 is 3.36. The summed E-state index contributed by atoms with van der Waals surface area (Å²) in [5, 5.41) is 23.6. The molecule has 1 amide bonds. The molecule has 4 fully saturated rings. The largest absolute Gasteiger partial charge is 0.320 e. The van der Waals surface area contributed by atoms with Gasteiger partial charge in [0.1, 0.15) is 11.2 Å². The van der Waals surface area contributed by atoms with Crippen molar-refractivity contribution in [1.82, 2.24) is 19.6 Å². The van der Waals surface area contributed by atoms with Gasteiger partial charge in [-0.25, -0.2) is 0 Å². The highest BCUT2D eigenvalue weighted by atomic mass is 35.5. The summed E-state index contributed by atoms with van der Waals surface area (Å²) in [6.07, 6.45) is 9.77. The first-order chi connectivity index (χ1) is 16.4. The van der Waals surface area contributed by atoms with Crippen LogP contribution in [0.25, 0.3) is 0 Å². The number of benzene rings is 1. The SMILES string of the molecule is O=C(Nc1nn(Cc2ccccc2)cc1Cl)c1nn(C23CC4CC(CC(C4)C2)C3)cc1[N+](=O)[O-].